The van der Waals surface area contributed by atoms with Crippen molar-refractivity contribution in [1.29, 1.82) is 0 Å². The number of carbonyl (C=O) groups excluding carboxylic acids is 1. The molecule has 0 aromatic heterocycles. The smallest absolute Gasteiger partial charge is 0.248 e. The van der Waals surface area contributed by atoms with Gasteiger partial charge in [0.05, 0.1) is 6.42 Å². The lowest BCUT2D eigenvalue weighted by Crippen LogP contribution is -2.40. The van der Waals surface area contributed by atoms with Gasteiger partial charge in [-0.15, -0.1) is 0 Å². The molecule has 3 rings (SSSR count). The van der Waals surface area contributed by atoms with Gasteiger partial charge in [-0.25, -0.2) is 8.78 Å². The minimum Gasteiger partial charge on any atom is -0.454 e. The fourth-order valence-corrected chi connectivity index (χ4v) is 2.70. The van der Waals surface area contributed by atoms with Gasteiger partial charge in [0.15, 0.2) is 11.5 Å². The van der Waals surface area contributed by atoms with Crippen LogP contribution in [0.1, 0.15) is 31.2 Å². The topological polar surface area (TPSA) is 47.6 Å². The number of fused-ring (bicyclic) bond motifs is 1. The van der Waals surface area contributed by atoms with E-state index in [9.17, 15) is 13.6 Å². The second kappa shape index (κ2) is 5.50. The summed E-state index contributed by atoms with van der Waals surface area (Å²) >= 11 is 0. The lowest BCUT2D eigenvalue weighted by Gasteiger charge is -2.28. The Kier molecular flexibility index (Phi) is 3.69. The number of rotatable bonds is 3. The quantitative estimate of drug-likeness (QED) is 0.933. The van der Waals surface area contributed by atoms with Crippen LogP contribution in [0.25, 0.3) is 0 Å². The third-order valence-corrected chi connectivity index (χ3v) is 3.88. The maximum atomic E-state index is 13.1. The summed E-state index contributed by atoms with van der Waals surface area (Å²) in [6, 6.07) is 5.21. The van der Waals surface area contributed by atoms with E-state index in [1.54, 1.807) is 12.1 Å². The van der Waals surface area contributed by atoms with Gasteiger partial charge in [0, 0.05) is 18.9 Å². The number of benzene rings is 1. The molecule has 6 heteroatoms. The number of hydrogen-bond acceptors (Lipinski definition) is 3. The molecular formula is C15H17F2NO3. The van der Waals surface area contributed by atoms with Crippen LogP contribution in [0.15, 0.2) is 18.2 Å². The van der Waals surface area contributed by atoms with Crippen LogP contribution in [-0.4, -0.2) is 24.7 Å². The van der Waals surface area contributed by atoms with Gasteiger partial charge in [0.2, 0.25) is 18.6 Å². The van der Waals surface area contributed by atoms with Crippen LogP contribution in [0.3, 0.4) is 0 Å². The summed E-state index contributed by atoms with van der Waals surface area (Å²) in [7, 11) is 0. The van der Waals surface area contributed by atoms with Crippen molar-refractivity contribution in [2.24, 2.45) is 0 Å². The minimum atomic E-state index is -2.57. The summed E-state index contributed by atoms with van der Waals surface area (Å²) < 4.78 is 36.6. The lowest BCUT2D eigenvalue weighted by atomic mass is 9.92. The molecule has 1 aliphatic heterocycles. The Morgan fingerprint density at radius 2 is 1.95 bits per heavy atom. The van der Waals surface area contributed by atoms with Crippen LogP contribution in [0.5, 0.6) is 11.5 Å². The Morgan fingerprint density at radius 1 is 1.24 bits per heavy atom. The van der Waals surface area contributed by atoms with Gasteiger partial charge in [-0.05, 0) is 30.5 Å². The first kappa shape index (κ1) is 14.1. The van der Waals surface area contributed by atoms with E-state index in [1.807, 2.05) is 6.07 Å². The van der Waals surface area contributed by atoms with E-state index >= 15 is 0 Å². The zero-order chi connectivity index (χ0) is 14.9. The number of ether oxygens (including phenoxy) is 2. The van der Waals surface area contributed by atoms with E-state index in [4.69, 9.17) is 9.47 Å². The molecule has 0 atom stereocenters. The van der Waals surface area contributed by atoms with Gasteiger partial charge >= 0.3 is 0 Å². The van der Waals surface area contributed by atoms with Crippen molar-refractivity contribution in [3.63, 3.8) is 0 Å². The molecule has 1 aromatic carbocycles. The van der Waals surface area contributed by atoms with Crippen molar-refractivity contribution in [2.45, 2.75) is 44.1 Å². The highest BCUT2D eigenvalue weighted by molar-refractivity contribution is 5.79. The summed E-state index contributed by atoms with van der Waals surface area (Å²) in [6.45, 7) is 0.196. The molecule has 1 amide bonds. The number of nitrogens with one attached hydrogen (secondary N) is 1. The average Bonchev–Trinajstić information content (AvgIpc) is 2.88. The Labute approximate surface area is 121 Å². The van der Waals surface area contributed by atoms with Gasteiger partial charge in [-0.2, -0.15) is 0 Å². The Bertz CT molecular complexity index is 538. The van der Waals surface area contributed by atoms with Gasteiger partial charge in [-0.3, -0.25) is 4.79 Å². The van der Waals surface area contributed by atoms with Crippen molar-refractivity contribution < 1.29 is 23.0 Å². The first-order valence-corrected chi connectivity index (χ1v) is 7.08. The molecular weight excluding hydrogens is 280 g/mol. The predicted octanol–water partition coefficient (Wildman–Crippen LogP) is 2.65. The normalized spacial score (nSPS) is 20.3. The fourth-order valence-electron chi connectivity index (χ4n) is 2.70. The summed E-state index contributed by atoms with van der Waals surface area (Å²) in [5.41, 5.74) is 0.817. The summed E-state index contributed by atoms with van der Waals surface area (Å²) in [5, 5.41) is 2.83. The third-order valence-electron chi connectivity index (χ3n) is 3.88. The SMILES string of the molecule is O=C(Cc1ccc2c(c1)OCO2)NC1CCC(F)(F)CC1. The number of alkyl halides is 2. The van der Waals surface area contributed by atoms with Crippen LogP contribution < -0.4 is 14.8 Å². The van der Waals surface area contributed by atoms with Crippen LogP contribution in [-0.2, 0) is 11.2 Å². The highest BCUT2D eigenvalue weighted by Crippen LogP contribution is 2.34. The molecule has 0 saturated heterocycles. The van der Waals surface area contributed by atoms with Crippen LogP contribution in [0, 0.1) is 0 Å². The van der Waals surface area contributed by atoms with Crippen molar-refractivity contribution in [3.05, 3.63) is 23.8 Å². The lowest BCUT2D eigenvalue weighted by molar-refractivity contribution is -0.122. The van der Waals surface area contributed by atoms with Gasteiger partial charge in [-0.1, -0.05) is 6.07 Å². The molecule has 0 unspecified atom stereocenters. The maximum absolute atomic E-state index is 13.1. The number of hydrogen-bond donors (Lipinski definition) is 1. The van der Waals surface area contributed by atoms with Crippen LogP contribution >= 0.6 is 0 Å². The van der Waals surface area contributed by atoms with Crippen molar-refractivity contribution >= 4 is 5.91 Å². The molecule has 0 radical (unpaired) electrons. The van der Waals surface area contributed by atoms with Gasteiger partial charge < -0.3 is 14.8 Å². The molecule has 21 heavy (non-hydrogen) atoms. The zero-order valence-corrected chi connectivity index (χ0v) is 11.5. The Balaban J connectivity index is 1.53. The monoisotopic (exact) mass is 297 g/mol. The fraction of sp³-hybridized carbons (Fsp3) is 0.533. The van der Waals surface area contributed by atoms with Crippen molar-refractivity contribution in [3.8, 4) is 11.5 Å². The number of amides is 1. The molecule has 1 heterocycles. The Morgan fingerprint density at radius 3 is 2.71 bits per heavy atom. The predicted molar refractivity (Wildman–Crippen MR) is 71.6 cm³/mol. The largest absolute Gasteiger partial charge is 0.454 e. The molecule has 1 saturated carbocycles. The zero-order valence-electron chi connectivity index (χ0n) is 11.5. The van der Waals surface area contributed by atoms with Gasteiger partial charge in [0.1, 0.15) is 0 Å². The first-order chi connectivity index (χ1) is 10.0. The van der Waals surface area contributed by atoms with E-state index in [0.717, 1.165) is 5.56 Å². The summed E-state index contributed by atoms with van der Waals surface area (Å²) in [4.78, 5) is 12.0. The molecule has 114 valence electrons. The van der Waals surface area contributed by atoms with Crippen LogP contribution in [0.4, 0.5) is 8.78 Å². The summed E-state index contributed by atoms with van der Waals surface area (Å²) in [5.74, 6) is -1.41. The Hall–Kier alpha value is -1.85. The highest BCUT2D eigenvalue weighted by Gasteiger charge is 2.35. The van der Waals surface area contributed by atoms with Gasteiger partial charge in [0.25, 0.3) is 0 Å². The molecule has 4 nitrogen and oxygen atoms in total. The van der Waals surface area contributed by atoms with Crippen molar-refractivity contribution in [1.82, 2.24) is 5.32 Å². The third kappa shape index (κ3) is 3.43. The highest BCUT2D eigenvalue weighted by atomic mass is 19.3. The second-order valence-corrected chi connectivity index (χ2v) is 5.56. The number of carbonyl (C=O) groups is 1. The standard InChI is InChI=1S/C15H17F2NO3/c16-15(17)5-3-11(4-6-15)18-14(19)8-10-1-2-12-13(7-10)21-9-20-12/h1-2,7,11H,3-6,8-9H2,(H,18,19). The van der Waals surface area contributed by atoms with E-state index in [1.165, 1.54) is 0 Å². The van der Waals surface area contributed by atoms with Crippen LogP contribution in [0.2, 0.25) is 0 Å². The summed E-state index contributed by atoms with van der Waals surface area (Å²) in [6.07, 6.45) is 0.577. The van der Waals surface area contributed by atoms with E-state index < -0.39 is 5.92 Å². The van der Waals surface area contributed by atoms with Crippen molar-refractivity contribution in [2.75, 3.05) is 6.79 Å². The average molecular weight is 297 g/mol. The maximum Gasteiger partial charge on any atom is 0.248 e. The molecule has 1 fully saturated rings. The molecule has 0 spiro atoms. The molecule has 1 aliphatic carbocycles. The molecule has 0 bridgehead atoms. The minimum absolute atomic E-state index is 0.147. The van der Waals surface area contributed by atoms with E-state index in [2.05, 4.69) is 5.32 Å². The van der Waals surface area contributed by atoms with E-state index in [0.29, 0.717) is 24.3 Å². The molecule has 1 N–H and O–H groups in total. The molecule has 1 aromatic rings. The second-order valence-electron chi connectivity index (χ2n) is 5.56. The first-order valence-electron chi connectivity index (χ1n) is 7.08. The van der Waals surface area contributed by atoms with E-state index in [-0.39, 0.29) is 38.0 Å². The molecule has 2 aliphatic rings. The number of halogens is 2.